The SMILES string of the molecule is CCCC(CC(=O)O)C(=O)c1ccc2nc(-c3ccccc3)oc2c1. The van der Waals surface area contributed by atoms with Gasteiger partial charge < -0.3 is 9.52 Å². The Bertz CT molecular complexity index is 898. The van der Waals surface area contributed by atoms with Gasteiger partial charge in [0.2, 0.25) is 5.89 Å². The number of ketones is 1. The molecule has 1 unspecified atom stereocenters. The van der Waals surface area contributed by atoms with Crippen LogP contribution in [-0.2, 0) is 4.79 Å². The van der Waals surface area contributed by atoms with Crippen LogP contribution in [0.15, 0.2) is 52.9 Å². The van der Waals surface area contributed by atoms with Crippen LogP contribution in [-0.4, -0.2) is 21.8 Å². The van der Waals surface area contributed by atoms with Gasteiger partial charge in [-0.2, -0.15) is 0 Å². The van der Waals surface area contributed by atoms with Gasteiger partial charge in [0.15, 0.2) is 11.4 Å². The molecule has 0 saturated carbocycles. The second-order valence-corrected chi connectivity index (χ2v) is 6.02. The molecule has 3 rings (SSSR count). The molecule has 128 valence electrons. The van der Waals surface area contributed by atoms with Crippen LogP contribution in [0.2, 0.25) is 0 Å². The Morgan fingerprint density at radius 3 is 2.60 bits per heavy atom. The van der Waals surface area contributed by atoms with E-state index in [1.54, 1.807) is 18.2 Å². The molecule has 0 bridgehead atoms. The lowest BCUT2D eigenvalue weighted by Gasteiger charge is -2.12. The highest BCUT2D eigenvalue weighted by Crippen LogP contribution is 2.26. The highest BCUT2D eigenvalue weighted by atomic mass is 16.4. The van der Waals surface area contributed by atoms with Crippen molar-refractivity contribution < 1.29 is 19.1 Å². The third-order valence-corrected chi connectivity index (χ3v) is 4.12. The van der Waals surface area contributed by atoms with E-state index in [-0.39, 0.29) is 12.2 Å². The number of aliphatic carboxylic acids is 1. The van der Waals surface area contributed by atoms with Crippen LogP contribution < -0.4 is 0 Å². The Hall–Kier alpha value is -2.95. The summed E-state index contributed by atoms with van der Waals surface area (Å²) in [7, 11) is 0. The molecule has 0 fully saturated rings. The topological polar surface area (TPSA) is 80.4 Å². The fraction of sp³-hybridized carbons (Fsp3) is 0.250. The smallest absolute Gasteiger partial charge is 0.304 e. The molecule has 2 aromatic carbocycles. The van der Waals surface area contributed by atoms with E-state index in [0.717, 1.165) is 12.0 Å². The van der Waals surface area contributed by atoms with E-state index in [1.807, 2.05) is 37.3 Å². The Morgan fingerprint density at radius 1 is 1.16 bits per heavy atom. The second kappa shape index (κ2) is 7.30. The van der Waals surface area contributed by atoms with Crippen molar-refractivity contribution >= 4 is 22.9 Å². The van der Waals surface area contributed by atoms with Crippen LogP contribution in [0.1, 0.15) is 36.5 Å². The van der Waals surface area contributed by atoms with Crippen molar-refractivity contribution in [3.05, 3.63) is 54.1 Å². The zero-order chi connectivity index (χ0) is 17.8. The van der Waals surface area contributed by atoms with Gasteiger partial charge in [-0.05, 0) is 36.8 Å². The lowest BCUT2D eigenvalue weighted by molar-refractivity contribution is -0.137. The summed E-state index contributed by atoms with van der Waals surface area (Å²) >= 11 is 0. The summed E-state index contributed by atoms with van der Waals surface area (Å²) < 4.78 is 5.79. The maximum absolute atomic E-state index is 12.7. The van der Waals surface area contributed by atoms with Gasteiger partial charge in [-0.1, -0.05) is 31.5 Å². The molecule has 1 N–H and O–H groups in total. The number of carboxylic acid groups (broad SMARTS) is 1. The van der Waals surface area contributed by atoms with E-state index < -0.39 is 11.9 Å². The van der Waals surface area contributed by atoms with Crippen molar-refractivity contribution in [2.75, 3.05) is 0 Å². The Morgan fingerprint density at radius 2 is 1.92 bits per heavy atom. The number of nitrogens with zero attached hydrogens (tertiary/aromatic N) is 1. The average molecular weight is 337 g/mol. The molecule has 5 nitrogen and oxygen atoms in total. The number of aromatic nitrogens is 1. The van der Waals surface area contributed by atoms with Gasteiger partial charge in [0, 0.05) is 17.0 Å². The highest BCUT2D eigenvalue weighted by molar-refractivity contribution is 6.01. The largest absolute Gasteiger partial charge is 0.481 e. The Labute approximate surface area is 145 Å². The third kappa shape index (κ3) is 3.76. The minimum atomic E-state index is -0.959. The summed E-state index contributed by atoms with van der Waals surface area (Å²) in [5.74, 6) is -1.14. The van der Waals surface area contributed by atoms with Crippen molar-refractivity contribution in [3.8, 4) is 11.5 Å². The lowest BCUT2D eigenvalue weighted by Crippen LogP contribution is -2.18. The van der Waals surface area contributed by atoms with Gasteiger partial charge in [-0.25, -0.2) is 4.98 Å². The molecule has 3 aromatic rings. The van der Waals surface area contributed by atoms with Crippen LogP contribution in [0, 0.1) is 5.92 Å². The number of hydrogen-bond donors (Lipinski definition) is 1. The van der Waals surface area contributed by atoms with Crippen molar-refractivity contribution in [2.45, 2.75) is 26.2 Å². The van der Waals surface area contributed by atoms with Crippen LogP contribution >= 0.6 is 0 Å². The molecule has 0 spiro atoms. The first-order valence-corrected chi connectivity index (χ1v) is 8.30. The van der Waals surface area contributed by atoms with Crippen molar-refractivity contribution in [1.29, 1.82) is 0 Å². The highest BCUT2D eigenvalue weighted by Gasteiger charge is 2.23. The first-order chi connectivity index (χ1) is 12.1. The fourth-order valence-corrected chi connectivity index (χ4v) is 2.90. The van der Waals surface area contributed by atoms with Gasteiger partial charge in [0.1, 0.15) is 5.52 Å². The van der Waals surface area contributed by atoms with Crippen LogP contribution in [0.4, 0.5) is 0 Å². The monoisotopic (exact) mass is 337 g/mol. The number of carbonyl (C=O) groups excluding carboxylic acids is 1. The van der Waals surface area contributed by atoms with Gasteiger partial charge in [0.05, 0.1) is 6.42 Å². The summed E-state index contributed by atoms with van der Waals surface area (Å²) in [4.78, 5) is 28.1. The van der Waals surface area contributed by atoms with Gasteiger partial charge in [-0.3, -0.25) is 9.59 Å². The van der Waals surface area contributed by atoms with Crippen molar-refractivity contribution in [2.24, 2.45) is 5.92 Å². The third-order valence-electron chi connectivity index (χ3n) is 4.12. The first kappa shape index (κ1) is 16.9. The summed E-state index contributed by atoms with van der Waals surface area (Å²) in [6.45, 7) is 1.94. The average Bonchev–Trinajstić information content (AvgIpc) is 3.04. The molecule has 1 atom stereocenters. The molecule has 0 saturated heterocycles. The molecule has 25 heavy (non-hydrogen) atoms. The summed E-state index contributed by atoms with van der Waals surface area (Å²) in [5, 5.41) is 9.03. The minimum absolute atomic E-state index is 0.156. The quantitative estimate of drug-likeness (QED) is 0.639. The normalized spacial score (nSPS) is 12.2. The molecule has 0 aliphatic rings. The molecular weight excluding hydrogens is 318 g/mol. The number of rotatable bonds is 7. The summed E-state index contributed by atoms with van der Waals surface area (Å²) in [6, 6.07) is 14.6. The molecule has 1 heterocycles. The van der Waals surface area contributed by atoms with E-state index in [9.17, 15) is 9.59 Å². The summed E-state index contributed by atoms with van der Waals surface area (Å²) in [5.41, 5.74) is 2.51. The number of benzene rings is 2. The number of carbonyl (C=O) groups is 2. The minimum Gasteiger partial charge on any atom is -0.481 e. The van der Waals surface area contributed by atoms with Gasteiger partial charge in [0.25, 0.3) is 0 Å². The lowest BCUT2D eigenvalue weighted by atomic mass is 9.90. The zero-order valence-electron chi connectivity index (χ0n) is 13.9. The standard InChI is InChI=1S/C20H19NO4/c1-2-6-14(12-18(22)23)19(24)15-9-10-16-17(11-15)25-20(21-16)13-7-4-3-5-8-13/h3-5,7-11,14H,2,6,12H2,1H3,(H,22,23). The van der Waals surface area contributed by atoms with E-state index in [1.165, 1.54) is 0 Å². The van der Waals surface area contributed by atoms with Crippen LogP contribution in [0.5, 0.6) is 0 Å². The maximum Gasteiger partial charge on any atom is 0.304 e. The first-order valence-electron chi connectivity index (χ1n) is 8.30. The van der Waals surface area contributed by atoms with Crippen LogP contribution in [0.3, 0.4) is 0 Å². The van der Waals surface area contributed by atoms with E-state index in [2.05, 4.69) is 4.98 Å². The van der Waals surface area contributed by atoms with Crippen molar-refractivity contribution in [1.82, 2.24) is 4.98 Å². The molecule has 0 radical (unpaired) electrons. The molecule has 0 aliphatic carbocycles. The van der Waals surface area contributed by atoms with Gasteiger partial charge >= 0.3 is 5.97 Å². The predicted octanol–water partition coefficient (Wildman–Crippen LogP) is 4.57. The molecule has 5 heteroatoms. The van der Waals surface area contributed by atoms with E-state index in [4.69, 9.17) is 9.52 Å². The maximum atomic E-state index is 12.7. The van der Waals surface area contributed by atoms with Crippen LogP contribution in [0.25, 0.3) is 22.6 Å². The zero-order valence-corrected chi connectivity index (χ0v) is 13.9. The van der Waals surface area contributed by atoms with E-state index >= 15 is 0 Å². The number of fused-ring (bicyclic) bond motifs is 1. The number of hydrogen-bond acceptors (Lipinski definition) is 4. The number of oxazole rings is 1. The van der Waals surface area contributed by atoms with Gasteiger partial charge in [-0.15, -0.1) is 0 Å². The number of Topliss-reactive ketones (excluding diaryl/α,β-unsaturated/α-hetero) is 1. The fourth-order valence-electron chi connectivity index (χ4n) is 2.90. The Kier molecular flexibility index (Phi) is 4.93. The number of carboxylic acids is 1. The molecule has 0 aliphatic heterocycles. The summed E-state index contributed by atoms with van der Waals surface area (Å²) in [6.07, 6.45) is 1.15. The molecular formula is C20H19NO4. The second-order valence-electron chi connectivity index (χ2n) is 6.02. The molecule has 0 amide bonds. The Balaban J connectivity index is 1.92. The predicted molar refractivity (Wildman–Crippen MR) is 94.4 cm³/mol. The molecule has 1 aromatic heterocycles. The van der Waals surface area contributed by atoms with E-state index in [0.29, 0.717) is 29.0 Å². The van der Waals surface area contributed by atoms with Crippen molar-refractivity contribution in [3.63, 3.8) is 0 Å².